The van der Waals surface area contributed by atoms with Gasteiger partial charge in [0.25, 0.3) is 0 Å². The van der Waals surface area contributed by atoms with Crippen molar-refractivity contribution in [2.45, 2.75) is 71.0 Å². The van der Waals surface area contributed by atoms with Crippen LogP contribution in [0, 0.1) is 5.41 Å². The van der Waals surface area contributed by atoms with Gasteiger partial charge >= 0.3 is 0 Å². The summed E-state index contributed by atoms with van der Waals surface area (Å²) in [5.74, 6) is 0. The lowest BCUT2D eigenvalue weighted by Crippen LogP contribution is -2.58. The molecule has 2 rings (SSSR count). The number of piperidine rings is 2. The van der Waals surface area contributed by atoms with Gasteiger partial charge in [0, 0.05) is 31.2 Å². The molecule has 2 bridgehead atoms. The predicted octanol–water partition coefficient (Wildman–Crippen LogP) is 2.57. The summed E-state index contributed by atoms with van der Waals surface area (Å²) < 4.78 is 0. The van der Waals surface area contributed by atoms with Crippen molar-refractivity contribution in [1.29, 1.82) is 0 Å². The minimum atomic E-state index is 0.391. The molecule has 0 aromatic carbocycles. The third-order valence-corrected chi connectivity index (χ3v) is 4.97. The van der Waals surface area contributed by atoms with Crippen LogP contribution in [0.25, 0.3) is 0 Å². The zero-order valence-electron chi connectivity index (χ0n) is 14.3. The Balaban J connectivity index is 1.98. The van der Waals surface area contributed by atoms with Gasteiger partial charge in [0.1, 0.15) is 0 Å². The van der Waals surface area contributed by atoms with Crippen LogP contribution < -0.4 is 5.32 Å². The summed E-state index contributed by atoms with van der Waals surface area (Å²) in [6.45, 7) is 10.7. The van der Waals surface area contributed by atoms with E-state index in [1.54, 1.807) is 0 Å². The number of hydrogen-bond acceptors (Lipinski definition) is 3. The van der Waals surface area contributed by atoms with Crippen LogP contribution in [0.1, 0.15) is 52.9 Å². The molecule has 20 heavy (non-hydrogen) atoms. The molecule has 0 aliphatic carbocycles. The molecule has 0 radical (unpaired) electrons. The highest BCUT2D eigenvalue weighted by atomic mass is 15.2. The molecule has 3 nitrogen and oxygen atoms in total. The van der Waals surface area contributed by atoms with Gasteiger partial charge in [-0.25, -0.2) is 0 Å². The van der Waals surface area contributed by atoms with Crippen molar-refractivity contribution in [1.82, 2.24) is 15.1 Å². The van der Waals surface area contributed by atoms with Crippen LogP contribution in [0.4, 0.5) is 0 Å². The molecule has 2 saturated heterocycles. The third-order valence-electron chi connectivity index (χ3n) is 4.97. The zero-order valence-corrected chi connectivity index (χ0v) is 14.3. The summed E-state index contributed by atoms with van der Waals surface area (Å²) in [7, 11) is 4.39. The largest absolute Gasteiger partial charge is 0.314 e. The molecular formula is C17H35N3. The molecule has 0 amide bonds. The van der Waals surface area contributed by atoms with Crippen LogP contribution in [0.3, 0.4) is 0 Å². The molecule has 0 aromatic heterocycles. The first-order chi connectivity index (χ1) is 9.41. The molecule has 2 atom stereocenters. The Morgan fingerprint density at radius 1 is 1.15 bits per heavy atom. The summed E-state index contributed by atoms with van der Waals surface area (Å²) >= 11 is 0. The van der Waals surface area contributed by atoms with Crippen LogP contribution in [-0.2, 0) is 0 Å². The second-order valence-electron chi connectivity index (χ2n) is 8.04. The first-order valence-corrected chi connectivity index (χ1v) is 8.55. The fourth-order valence-electron chi connectivity index (χ4n) is 4.59. The Kier molecular flexibility index (Phi) is 5.49. The van der Waals surface area contributed by atoms with E-state index < -0.39 is 0 Å². The minimum Gasteiger partial charge on any atom is -0.314 e. The standard InChI is InChI=1S/C17H35N3/c1-6-18-14-10-15-8-7-9-16(11-14)20(15)13-17(2,3)12-19(4)5/h14-16,18H,6-13H2,1-5H3. The van der Waals surface area contributed by atoms with Crippen LogP contribution in [-0.4, -0.2) is 61.7 Å². The Morgan fingerprint density at radius 3 is 2.25 bits per heavy atom. The van der Waals surface area contributed by atoms with Gasteiger partial charge in [-0.05, 0) is 51.7 Å². The molecule has 2 fully saturated rings. The van der Waals surface area contributed by atoms with Gasteiger partial charge in [0.2, 0.25) is 0 Å². The summed E-state index contributed by atoms with van der Waals surface area (Å²) in [5, 5.41) is 3.69. The van der Waals surface area contributed by atoms with E-state index in [0.717, 1.165) is 24.7 Å². The van der Waals surface area contributed by atoms with Crippen LogP contribution in [0.2, 0.25) is 0 Å². The molecule has 0 saturated carbocycles. The van der Waals surface area contributed by atoms with Crippen molar-refractivity contribution in [3.05, 3.63) is 0 Å². The van der Waals surface area contributed by atoms with Crippen LogP contribution >= 0.6 is 0 Å². The molecule has 0 spiro atoms. The Morgan fingerprint density at radius 2 is 1.75 bits per heavy atom. The average Bonchev–Trinajstić information content (AvgIpc) is 2.28. The van der Waals surface area contributed by atoms with E-state index in [4.69, 9.17) is 0 Å². The maximum Gasteiger partial charge on any atom is 0.0113 e. The van der Waals surface area contributed by atoms with Crippen LogP contribution in [0.15, 0.2) is 0 Å². The maximum atomic E-state index is 3.69. The lowest BCUT2D eigenvalue weighted by atomic mass is 9.79. The molecular weight excluding hydrogens is 246 g/mol. The lowest BCUT2D eigenvalue weighted by Gasteiger charge is -2.51. The highest BCUT2D eigenvalue weighted by molar-refractivity contribution is 4.96. The fraction of sp³-hybridized carbons (Fsp3) is 1.00. The van der Waals surface area contributed by atoms with Gasteiger partial charge in [-0.1, -0.05) is 27.2 Å². The zero-order chi connectivity index (χ0) is 14.8. The molecule has 3 heteroatoms. The predicted molar refractivity (Wildman–Crippen MR) is 87.2 cm³/mol. The van der Waals surface area contributed by atoms with Gasteiger partial charge in [-0.2, -0.15) is 0 Å². The van der Waals surface area contributed by atoms with Crippen molar-refractivity contribution < 1.29 is 0 Å². The molecule has 0 aromatic rings. The van der Waals surface area contributed by atoms with E-state index in [1.807, 2.05) is 0 Å². The number of rotatable bonds is 6. The third kappa shape index (κ3) is 4.19. The van der Waals surface area contributed by atoms with Gasteiger partial charge in [-0.15, -0.1) is 0 Å². The molecule has 2 aliphatic rings. The second-order valence-corrected chi connectivity index (χ2v) is 8.04. The summed E-state index contributed by atoms with van der Waals surface area (Å²) in [4.78, 5) is 5.20. The Hall–Kier alpha value is -0.120. The first-order valence-electron chi connectivity index (χ1n) is 8.55. The molecule has 2 aliphatic heterocycles. The number of hydrogen-bond donors (Lipinski definition) is 1. The number of fused-ring (bicyclic) bond motifs is 2. The van der Waals surface area contributed by atoms with Gasteiger partial charge in [0.15, 0.2) is 0 Å². The van der Waals surface area contributed by atoms with Crippen molar-refractivity contribution in [3.63, 3.8) is 0 Å². The molecule has 2 heterocycles. The summed E-state index contributed by atoms with van der Waals surface area (Å²) in [6, 6.07) is 2.42. The van der Waals surface area contributed by atoms with E-state index in [1.165, 1.54) is 45.2 Å². The van der Waals surface area contributed by atoms with Crippen molar-refractivity contribution >= 4 is 0 Å². The Bertz CT molecular complexity index is 287. The average molecular weight is 281 g/mol. The van der Waals surface area contributed by atoms with Crippen molar-refractivity contribution in [2.75, 3.05) is 33.7 Å². The van der Waals surface area contributed by atoms with E-state index in [2.05, 4.69) is 50.0 Å². The summed E-state index contributed by atoms with van der Waals surface area (Å²) in [5.41, 5.74) is 0.391. The fourth-order valence-corrected chi connectivity index (χ4v) is 4.59. The van der Waals surface area contributed by atoms with E-state index in [9.17, 15) is 0 Å². The summed E-state index contributed by atoms with van der Waals surface area (Å²) in [6.07, 6.45) is 7.00. The SMILES string of the molecule is CCNC1CC2CCCC(C1)N2CC(C)(C)CN(C)C. The highest BCUT2D eigenvalue weighted by Crippen LogP contribution is 2.36. The van der Waals surface area contributed by atoms with E-state index in [0.29, 0.717) is 5.41 Å². The molecule has 1 N–H and O–H groups in total. The van der Waals surface area contributed by atoms with Gasteiger partial charge in [-0.3, -0.25) is 4.90 Å². The van der Waals surface area contributed by atoms with Crippen LogP contribution in [0.5, 0.6) is 0 Å². The monoisotopic (exact) mass is 281 g/mol. The normalized spacial score (nSPS) is 31.8. The maximum absolute atomic E-state index is 3.69. The van der Waals surface area contributed by atoms with Gasteiger partial charge in [0.05, 0.1) is 0 Å². The highest BCUT2D eigenvalue weighted by Gasteiger charge is 2.40. The topological polar surface area (TPSA) is 18.5 Å². The van der Waals surface area contributed by atoms with Crippen molar-refractivity contribution in [3.8, 4) is 0 Å². The van der Waals surface area contributed by atoms with E-state index >= 15 is 0 Å². The lowest BCUT2D eigenvalue weighted by molar-refractivity contribution is -0.00682. The minimum absolute atomic E-state index is 0.391. The quantitative estimate of drug-likeness (QED) is 0.807. The molecule has 2 unspecified atom stereocenters. The number of nitrogens with zero attached hydrogens (tertiary/aromatic N) is 2. The molecule has 118 valence electrons. The van der Waals surface area contributed by atoms with E-state index in [-0.39, 0.29) is 0 Å². The Labute approximate surface area is 126 Å². The first kappa shape index (κ1) is 16.3. The smallest absolute Gasteiger partial charge is 0.0113 e. The number of nitrogens with one attached hydrogen (secondary N) is 1. The van der Waals surface area contributed by atoms with Gasteiger partial charge < -0.3 is 10.2 Å². The van der Waals surface area contributed by atoms with Crippen molar-refractivity contribution in [2.24, 2.45) is 5.41 Å². The second kappa shape index (κ2) is 6.76.